The maximum atomic E-state index is 12.7. The zero-order valence-electron chi connectivity index (χ0n) is 17.2. The van der Waals surface area contributed by atoms with Crippen molar-refractivity contribution in [3.63, 3.8) is 0 Å². The summed E-state index contributed by atoms with van der Waals surface area (Å²) in [5, 5.41) is 3.14. The van der Waals surface area contributed by atoms with Crippen LogP contribution in [0, 0.1) is 23.7 Å². The molecule has 2 bridgehead atoms. The molecule has 4 rings (SSSR count). The number of rotatable bonds is 7. The third-order valence-electron chi connectivity index (χ3n) is 7.39. The average Bonchev–Trinajstić information content (AvgIpc) is 3.37. The first-order valence-electron chi connectivity index (χ1n) is 10.8. The molecule has 3 saturated carbocycles. The summed E-state index contributed by atoms with van der Waals surface area (Å²) >= 11 is 0. The molecule has 1 heterocycles. The molecule has 5 unspecified atom stereocenters. The molecule has 5 atom stereocenters. The van der Waals surface area contributed by atoms with Crippen molar-refractivity contribution < 1.29 is 13.2 Å². The number of carbonyl (C=O) groups excluding carboxylic acids is 1. The third kappa shape index (κ3) is 3.65. The van der Waals surface area contributed by atoms with Crippen LogP contribution in [0.4, 0.5) is 0 Å². The zero-order chi connectivity index (χ0) is 20.8. The number of sulfonamides is 1. The van der Waals surface area contributed by atoms with Crippen molar-refractivity contribution in [1.29, 1.82) is 0 Å². The maximum absolute atomic E-state index is 12.7. The predicted molar refractivity (Wildman–Crippen MR) is 110 cm³/mol. The van der Waals surface area contributed by atoms with Gasteiger partial charge in [-0.2, -0.15) is 4.31 Å². The minimum atomic E-state index is -3.67. The van der Waals surface area contributed by atoms with Gasteiger partial charge in [0.05, 0.1) is 4.90 Å². The highest BCUT2D eigenvalue weighted by Gasteiger charge is 2.53. The van der Waals surface area contributed by atoms with Crippen molar-refractivity contribution in [2.75, 3.05) is 13.1 Å². The van der Waals surface area contributed by atoms with Gasteiger partial charge in [0.15, 0.2) is 0 Å². The Morgan fingerprint density at radius 1 is 1.14 bits per heavy atom. The van der Waals surface area contributed by atoms with Gasteiger partial charge in [0.1, 0.15) is 6.54 Å². The fraction of sp³-hybridized carbons (Fsp3) is 0.714. The van der Waals surface area contributed by atoms with Crippen LogP contribution < -0.4 is 10.9 Å². The highest BCUT2D eigenvalue weighted by atomic mass is 32.2. The largest absolute Gasteiger partial charge is 0.352 e. The average molecular weight is 422 g/mol. The second-order valence-electron chi connectivity index (χ2n) is 8.75. The van der Waals surface area contributed by atoms with Crippen LogP contribution in [0.15, 0.2) is 28.0 Å². The molecule has 3 aliphatic carbocycles. The summed E-state index contributed by atoms with van der Waals surface area (Å²) in [7, 11) is -3.67. The minimum Gasteiger partial charge on any atom is -0.352 e. The predicted octanol–water partition coefficient (Wildman–Crippen LogP) is 1.82. The van der Waals surface area contributed by atoms with Crippen molar-refractivity contribution in [3.8, 4) is 0 Å². The van der Waals surface area contributed by atoms with Crippen molar-refractivity contribution in [2.24, 2.45) is 23.7 Å². The lowest BCUT2D eigenvalue weighted by Gasteiger charge is -2.32. The fourth-order valence-electron chi connectivity index (χ4n) is 6.14. The maximum Gasteiger partial charge on any atom is 0.251 e. The van der Waals surface area contributed by atoms with Crippen LogP contribution in [0.2, 0.25) is 0 Å². The molecular formula is C21H31N3O4S. The number of pyridine rings is 1. The lowest BCUT2D eigenvalue weighted by atomic mass is 9.79. The molecular weight excluding hydrogens is 390 g/mol. The number of nitrogens with one attached hydrogen (secondary N) is 1. The number of hydrogen-bond donors (Lipinski definition) is 1. The lowest BCUT2D eigenvalue weighted by Crippen LogP contribution is -2.44. The van der Waals surface area contributed by atoms with Crippen LogP contribution in [0.3, 0.4) is 0 Å². The Morgan fingerprint density at radius 2 is 1.86 bits per heavy atom. The Kier molecular flexibility index (Phi) is 5.59. The number of fused-ring (bicyclic) bond motifs is 5. The lowest BCUT2D eigenvalue weighted by molar-refractivity contribution is -0.123. The van der Waals surface area contributed by atoms with E-state index < -0.39 is 10.0 Å². The Labute approximate surface area is 172 Å². The van der Waals surface area contributed by atoms with Gasteiger partial charge in [0, 0.05) is 31.4 Å². The smallest absolute Gasteiger partial charge is 0.251 e. The fourth-order valence-corrected chi connectivity index (χ4v) is 7.62. The van der Waals surface area contributed by atoms with Crippen LogP contribution in [0.5, 0.6) is 0 Å². The second-order valence-corrected chi connectivity index (χ2v) is 10.7. The van der Waals surface area contributed by atoms with Crippen molar-refractivity contribution in [3.05, 3.63) is 28.7 Å². The van der Waals surface area contributed by atoms with Crippen LogP contribution in [-0.2, 0) is 21.4 Å². The van der Waals surface area contributed by atoms with Gasteiger partial charge in [-0.05, 0) is 55.4 Å². The Hall–Kier alpha value is -1.67. The molecule has 1 aromatic rings. The number of amides is 1. The minimum absolute atomic E-state index is 0.0438. The van der Waals surface area contributed by atoms with Crippen molar-refractivity contribution in [2.45, 2.75) is 63.4 Å². The summed E-state index contributed by atoms with van der Waals surface area (Å²) in [4.78, 5) is 24.9. The van der Waals surface area contributed by atoms with E-state index in [0.29, 0.717) is 19.0 Å². The molecule has 0 radical (unpaired) electrons. The highest BCUT2D eigenvalue weighted by molar-refractivity contribution is 7.89. The van der Waals surface area contributed by atoms with E-state index in [1.807, 2.05) is 0 Å². The van der Waals surface area contributed by atoms with Crippen molar-refractivity contribution >= 4 is 15.9 Å². The quantitative estimate of drug-likeness (QED) is 0.727. The highest BCUT2D eigenvalue weighted by Crippen LogP contribution is 2.58. The normalized spacial score (nSPS) is 30.7. The van der Waals surface area contributed by atoms with E-state index in [0.717, 1.165) is 24.2 Å². The zero-order valence-corrected chi connectivity index (χ0v) is 18.0. The molecule has 8 heteroatoms. The summed E-state index contributed by atoms with van der Waals surface area (Å²) in [6.45, 7) is 4.10. The Balaban J connectivity index is 1.46. The van der Waals surface area contributed by atoms with Crippen molar-refractivity contribution in [1.82, 2.24) is 14.2 Å². The van der Waals surface area contributed by atoms with Gasteiger partial charge in [0.2, 0.25) is 15.9 Å². The molecule has 1 aromatic heterocycles. The van der Waals surface area contributed by atoms with Gasteiger partial charge >= 0.3 is 0 Å². The topological polar surface area (TPSA) is 88.5 Å². The van der Waals surface area contributed by atoms with Crippen LogP contribution in [0.1, 0.15) is 46.0 Å². The summed E-state index contributed by atoms with van der Waals surface area (Å²) in [6.07, 6.45) is 7.49. The molecule has 1 amide bonds. The van der Waals surface area contributed by atoms with Crippen LogP contribution >= 0.6 is 0 Å². The number of aromatic nitrogens is 1. The van der Waals surface area contributed by atoms with E-state index in [-0.39, 0.29) is 28.9 Å². The van der Waals surface area contributed by atoms with Gasteiger partial charge in [0.25, 0.3) is 5.56 Å². The molecule has 1 N–H and O–H groups in total. The van der Waals surface area contributed by atoms with E-state index in [4.69, 9.17) is 0 Å². The SMILES string of the molecule is CCN(CC)S(=O)(=O)c1ccc(=O)n(CC(=O)NC2CC3CC2C2CCCC32)c1. The number of hydrogen-bond acceptors (Lipinski definition) is 4. The first-order valence-corrected chi connectivity index (χ1v) is 12.3. The molecule has 3 aliphatic rings. The van der Waals surface area contributed by atoms with E-state index in [1.165, 1.54) is 52.9 Å². The Morgan fingerprint density at radius 3 is 2.59 bits per heavy atom. The van der Waals surface area contributed by atoms with E-state index in [2.05, 4.69) is 5.32 Å². The van der Waals surface area contributed by atoms with E-state index in [1.54, 1.807) is 13.8 Å². The third-order valence-corrected chi connectivity index (χ3v) is 9.42. The molecule has 0 saturated heterocycles. The molecule has 3 fully saturated rings. The monoisotopic (exact) mass is 421 g/mol. The number of nitrogens with zero attached hydrogens (tertiary/aromatic N) is 2. The Bertz CT molecular complexity index is 937. The van der Waals surface area contributed by atoms with E-state index in [9.17, 15) is 18.0 Å². The van der Waals surface area contributed by atoms with Gasteiger partial charge in [-0.1, -0.05) is 20.3 Å². The summed E-state index contributed by atoms with van der Waals surface area (Å²) in [5.74, 6) is 2.71. The van der Waals surface area contributed by atoms with Gasteiger partial charge in [-0.15, -0.1) is 0 Å². The summed E-state index contributed by atoms with van der Waals surface area (Å²) < 4.78 is 28.0. The molecule has 160 valence electrons. The van der Waals surface area contributed by atoms with Gasteiger partial charge in [-0.3, -0.25) is 9.59 Å². The second kappa shape index (κ2) is 7.87. The summed E-state index contributed by atoms with van der Waals surface area (Å²) in [6, 6.07) is 2.75. The van der Waals surface area contributed by atoms with Gasteiger partial charge in [-0.25, -0.2) is 8.42 Å². The number of carbonyl (C=O) groups is 1. The molecule has 29 heavy (non-hydrogen) atoms. The standard InChI is InChI=1S/C21H31N3O4S/c1-3-24(4-2)29(27,28)15-8-9-21(26)23(12-15)13-20(25)22-19-11-14-10-18(19)17-7-5-6-16(14)17/h8-9,12,14,16-19H,3-7,10-11,13H2,1-2H3,(H,22,25). The molecule has 7 nitrogen and oxygen atoms in total. The molecule has 0 spiro atoms. The first-order chi connectivity index (χ1) is 13.8. The van der Waals surface area contributed by atoms with Crippen LogP contribution in [-0.4, -0.2) is 42.3 Å². The first kappa shape index (κ1) is 20.6. The van der Waals surface area contributed by atoms with E-state index >= 15 is 0 Å². The van der Waals surface area contributed by atoms with Gasteiger partial charge < -0.3 is 9.88 Å². The summed E-state index contributed by atoms with van der Waals surface area (Å²) in [5.41, 5.74) is -0.373. The van der Waals surface area contributed by atoms with Crippen LogP contribution in [0.25, 0.3) is 0 Å². The molecule has 0 aliphatic heterocycles. The molecule has 0 aromatic carbocycles.